The quantitative estimate of drug-likeness (QED) is 0.368. The number of aryl methyl sites for hydroxylation is 1. The van der Waals surface area contributed by atoms with Crippen molar-refractivity contribution in [2.75, 3.05) is 18.9 Å². The molecule has 2 N–H and O–H groups in total. The van der Waals surface area contributed by atoms with Gasteiger partial charge in [-0.1, -0.05) is 18.2 Å². The Labute approximate surface area is 227 Å². The van der Waals surface area contributed by atoms with Gasteiger partial charge in [0.25, 0.3) is 5.91 Å². The maximum atomic E-state index is 13.8. The Hall–Kier alpha value is -3.98. The maximum absolute atomic E-state index is 13.8. The van der Waals surface area contributed by atoms with E-state index in [2.05, 4.69) is 15.5 Å². The van der Waals surface area contributed by atoms with Gasteiger partial charge in [-0.15, -0.1) is 0 Å². The predicted molar refractivity (Wildman–Crippen MR) is 147 cm³/mol. The normalized spacial score (nSPS) is 18.2. The molecule has 1 aromatic carbocycles. The van der Waals surface area contributed by atoms with Gasteiger partial charge in [-0.25, -0.2) is 4.39 Å². The van der Waals surface area contributed by atoms with Gasteiger partial charge in [0, 0.05) is 44.0 Å². The number of allylic oxidation sites excluding steroid dienone is 2. The SMILES string of the molecule is Cc1cc[n+]([O-])c(C)c1-c1ccc(NC(=O)[C@@H](NC(=O)c2ccc3n2CCN(C)C3)C2CC=C(F)CC2)cc1. The Balaban J connectivity index is 1.35. The Kier molecular flexibility index (Phi) is 7.52. The fourth-order valence-electron chi connectivity index (χ4n) is 5.62. The van der Waals surface area contributed by atoms with Crippen LogP contribution >= 0.6 is 0 Å². The van der Waals surface area contributed by atoms with Crippen LogP contribution in [0.5, 0.6) is 0 Å². The number of pyridine rings is 1. The van der Waals surface area contributed by atoms with Crippen LogP contribution in [0.15, 0.2) is 60.6 Å². The molecule has 0 saturated carbocycles. The van der Waals surface area contributed by atoms with E-state index in [1.807, 2.05) is 36.7 Å². The molecule has 1 aliphatic heterocycles. The molecule has 2 amide bonds. The molecule has 2 aliphatic rings. The lowest BCUT2D eigenvalue weighted by Gasteiger charge is -2.29. The first kappa shape index (κ1) is 26.6. The molecule has 204 valence electrons. The lowest BCUT2D eigenvalue weighted by Crippen LogP contribution is -2.49. The van der Waals surface area contributed by atoms with E-state index < -0.39 is 6.04 Å². The van der Waals surface area contributed by atoms with Crippen molar-refractivity contribution in [3.63, 3.8) is 0 Å². The summed E-state index contributed by atoms with van der Waals surface area (Å²) >= 11 is 0. The molecule has 0 radical (unpaired) electrons. The zero-order chi connectivity index (χ0) is 27.7. The van der Waals surface area contributed by atoms with Crippen LogP contribution in [0.25, 0.3) is 11.1 Å². The Morgan fingerprint density at radius 1 is 1.10 bits per heavy atom. The Morgan fingerprint density at radius 2 is 1.87 bits per heavy atom. The standard InChI is InChI=1S/C30H34FN5O3/c1-19-14-15-36(39)20(2)27(19)21-6-10-24(11-7-21)32-30(38)28(22-4-8-23(31)9-5-22)33-29(37)26-13-12-25-18-34(3)16-17-35(25)26/h6-8,10-15,22,28H,4-5,9,16-18H2,1-3H3,(H,32,38)(H,33,37)/t22?,28-/m0/s1. The number of nitrogens with zero attached hydrogens (tertiary/aromatic N) is 3. The number of amides is 2. The van der Waals surface area contributed by atoms with Crippen LogP contribution in [-0.2, 0) is 17.9 Å². The van der Waals surface area contributed by atoms with Gasteiger partial charge in [0.05, 0.1) is 11.4 Å². The number of fused-ring (bicyclic) bond motifs is 1. The molecule has 1 unspecified atom stereocenters. The minimum Gasteiger partial charge on any atom is -0.618 e. The highest BCUT2D eigenvalue weighted by atomic mass is 19.1. The maximum Gasteiger partial charge on any atom is 0.268 e. The zero-order valence-electron chi connectivity index (χ0n) is 22.5. The molecule has 3 aromatic rings. The fraction of sp³-hybridized carbons (Fsp3) is 0.367. The molecule has 1 aliphatic carbocycles. The van der Waals surface area contributed by atoms with Crippen molar-refractivity contribution in [1.82, 2.24) is 14.8 Å². The number of aromatic nitrogens is 2. The lowest BCUT2D eigenvalue weighted by molar-refractivity contribution is -0.611. The Bertz CT molecular complexity index is 1430. The van der Waals surface area contributed by atoms with Crippen molar-refractivity contribution in [3.8, 4) is 11.1 Å². The highest BCUT2D eigenvalue weighted by Gasteiger charge is 2.32. The number of nitrogens with one attached hydrogen (secondary N) is 2. The van der Waals surface area contributed by atoms with E-state index in [4.69, 9.17) is 0 Å². The number of hydrogen-bond acceptors (Lipinski definition) is 4. The van der Waals surface area contributed by atoms with Gasteiger partial charge in [-0.05, 0) is 74.5 Å². The van der Waals surface area contributed by atoms with E-state index in [1.165, 1.54) is 12.3 Å². The van der Waals surface area contributed by atoms with Crippen LogP contribution in [0.2, 0.25) is 0 Å². The second kappa shape index (κ2) is 11.0. The van der Waals surface area contributed by atoms with E-state index in [9.17, 15) is 19.2 Å². The molecule has 39 heavy (non-hydrogen) atoms. The lowest BCUT2D eigenvalue weighted by atomic mass is 9.86. The summed E-state index contributed by atoms with van der Waals surface area (Å²) in [5, 5.41) is 18.0. The highest BCUT2D eigenvalue weighted by Crippen LogP contribution is 2.29. The van der Waals surface area contributed by atoms with E-state index >= 15 is 0 Å². The average Bonchev–Trinajstić information content (AvgIpc) is 3.34. The van der Waals surface area contributed by atoms with Crippen LogP contribution in [-0.4, -0.2) is 40.9 Å². The number of rotatable bonds is 6. The first-order valence-corrected chi connectivity index (χ1v) is 13.3. The summed E-state index contributed by atoms with van der Waals surface area (Å²) in [6.45, 7) is 6.03. The molecular formula is C30H34FN5O3. The summed E-state index contributed by atoms with van der Waals surface area (Å²) in [5.74, 6) is -1.05. The largest absolute Gasteiger partial charge is 0.618 e. The van der Waals surface area contributed by atoms with Crippen LogP contribution in [0.4, 0.5) is 10.1 Å². The molecule has 2 aromatic heterocycles. The zero-order valence-corrected chi connectivity index (χ0v) is 22.5. The summed E-state index contributed by atoms with van der Waals surface area (Å²) in [7, 11) is 2.04. The van der Waals surface area contributed by atoms with Crippen molar-refractivity contribution >= 4 is 17.5 Å². The number of carbonyl (C=O) groups excluding carboxylic acids is 2. The summed E-state index contributed by atoms with van der Waals surface area (Å²) in [5.41, 5.74) is 5.47. The molecule has 3 heterocycles. The number of hydrogen-bond donors (Lipinski definition) is 2. The predicted octanol–water partition coefficient (Wildman–Crippen LogP) is 4.24. The van der Waals surface area contributed by atoms with Crippen molar-refractivity contribution in [1.29, 1.82) is 0 Å². The first-order valence-electron chi connectivity index (χ1n) is 13.3. The molecule has 0 spiro atoms. The van der Waals surface area contributed by atoms with Gasteiger partial charge in [-0.3, -0.25) is 14.5 Å². The van der Waals surface area contributed by atoms with Crippen LogP contribution in [0.3, 0.4) is 0 Å². The van der Waals surface area contributed by atoms with Gasteiger partial charge in [0.2, 0.25) is 5.91 Å². The minimum absolute atomic E-state index is 0.178. The third kappa shape index (κ3) is 5.59. The average molecular weight is 532 g/mol. The molecule has 8 nitrogen and oxygen atoms in total. The van der Waals surface area contributed by atoms with Gasteiger partial charge < -0.3 is 20.4 Å². The molecule has 9 heteroatoms. The van der Waals surface area contributed by atoms with Crippen molar-refractivity contribution < 1.29 is 18.7 Å². The third-order valence-electron chi connectivity index (χ3n) is 7.87. The number of carbonyl (C=O) groups is 2. The van der Waals surface area contributed by atoms with Gasteiger partial charge in [0.1, 0.15) is 11.7 Å². The van der Waals surface area contributed by atoms with Crippen LogP contribution in [0.1, 0.15) is 46.7 Å². The monoisotopic (exact) mass is 531 g/mol. The number of anilines is 1. The van der Waals surface area contributed by atoms with E-state index in [-0.39, 0.29) is 30.0 Å². The fourth-order valence-corrected chi connectivity index (χ4v) is 5.62. The molecule has 0 saturated heterocycles. The van der Waals surface area contributed by atoms with Crippen molar-refractivity contribution in [2.45, 2.75) is 52.2 Å². The molecule has 0 fully saturated rings. The summed E-state index contributed by atoms with van der Waals surface area (Å²) in [6, 6.07) is 12.0. The molecule has 5 rings (SSSR count). The number of benzene rings is 1. The van der Waals surface area contributed by atoms with Crippen molar-refractivity contribution in [3.05, 3.63) is 88.4 Å². The number of halogens is 1. The number of likely N-dealkylation sites (N-methyl/N-ethyl adjacent to an activating group) is 1. The van der Waals surface area contributed by atoms with Crippen LogP contribution < -0.4 is 15.4 Å². The highest BCUT2D eigenvalue weighted by molar-refractivity contribution is 6.01. The van der Waals surface area contributed by atoms with E-state index in [1.54, 1.807) is 31.2 Å². The molecular weight excluding hydrogens is 497 g/mol. The van der Waals surface area contributed by atoms with E-state index in [0.717, 1.165) is 40.2 Å². The van der Waals surface area contributed by atoms with Crippen LogP contribution in [0, 0.1) is 25.0 Å². The second-order valence-corrected chi connectivity index (χ2v) is 10.6. The minimum atomic E-state index is -0.822. The third-order valence-corrected chi connectivity index (χ3v) is 7.87. The van der Waals surface area contributed by atoms with Gasteiger partial charge >= 0.3 is 0 Å². The van der Waals surface area contributed by atoms with Gasteiger partial charge in [0.15, 0.2) is 11.9 Å². The molecule has 2 atom stereocenters. The summed E-state index contributed by atoms with van der Waals surface area (Å²) in [6.07, 6.45) is 4.10. The van der Waals surface area contributed by atoms with Gasteiger partial charge in [-0.2, -0.15) is 4.73 Å². The Morgan fingerprint density at radius 3 is 2.59 bits per heavy atom. The van der Waals surface area contributed by atoms with Crippen molar-refractivity contribution in [2.24, 2.45) is 5.92 Å². The second-order valence-electron chi connectivity index (χ2n) is 10.6. The van der Waals surface area contributed by atoms with E-state index in [0.29, 0.717) is 36.5 Å². The summed E-state index contributed by atoms with van der Waals surface area (Å²) in [4.78, 5) is 29.1. The smallest absolute Gasteiger partial charge is 0.268 e. The topological polar surface area (TPSA) is 93.3 Å². The molecule has 0 bridgehead atoms. The summed E-state index contributed by atoms with van der Waals surface area (Å²) < 4.78 is 16.6. The first-order chi connectivity index (χ1) is 18.7.